The van der Waals surface area contributed by atoms with E-state index in [0.717, 1.165) is 16.3 Å². The van der Waals surface area contributed by atoms with Crippen molar-refractivity contribution in [3.05, 3.63) is 77.3 Å². The average molecular weight is 325 g/mol. The smallest absolute Gasteiger partial charge is 0.319 e. The van der Waals surface area contributed by atoms with E-state index in [1.54, 1.807) is 24.3 Å². The summed E-state index contributed by atoms with van der Waals surface area (Å²) in [6, 6.07) is 20.9. The van der Waals surface area contributed by atoms with Crippen LogP contribution in [0.3, 0.4) is 0 Å². The molecule has 0 fully saturated rings. The van der Waals surface area contributed by atoms with Crippen LogP contribution in [0.4, 0.5) is 10.5 Å². The monoisotopic (exact) mass is 324 g/mol. The molecular formula is C19H17ClN2O. The van der Waals surface area contributed by atoms with E-state index in [1.807, 2.05) is 31.2 Å². The Balaban J connectivity index is 1.74. The van der Waals surface area contributed by atoms with Crippen molar-refractivity contribution >= 4 is 34.1 Å². The molecular weight excluding hydrogens is 308 g/mol. The Morgan fingerprint density at radius 1 is 0.957 bits per heavy atom. The molecule has 2 amide bonds. The van der Waals surface area contributed by atoms with E-state index < -0.39 is 0 Å². The SMILES string of the molecule is CC(NC(=O)Nc1ccc(Cl)cc1)c1cccc2ccccc12. The number of amides is 2. The molecule has 1 unspecified atom stereocenters. The molecule has 0 bridgehead atoms. The minimum Gasteiger partial charge on any atom is -0.331 e. The van der Waals surface area contributed by atoms with Crippen LogP contribution in [0.15, 0.2) is 66.7 Å². The quantitative estimate of drug-likeness (QED) is 0.667. The molecule has 1 atom stereocenters. The van der Waals surface area contributed by atoms with Gasteiger partial charge in [0.15, 0.2) is 0 Å². The van der Waals surface area contributed by atoms with Gasteiger partial charge in [0.2, 0.25) is 0 Å². The van der Waals surface area contributed by atoms with Gasteiger partial charge in [-0.15, -0.1) is 0 Å². The summed E-state index contributed by atoms with van der Waals surface area (Å²) in [5, 5.41) is 8.73. The molecule has 3 nitrogen and oxygen atoms in total. The third-order valence-electron chi connectivity index (χ3n) is 3.74. The van der Waals surface area contributed by atoms with Crippen LogP contribution in [0.25, 0.3) is 10.8 Å². The lowest BCUT2D eigenvalue weighted by atomic mass is 10.00. The molecule has 0 spiro atoms. The number of nitrogens with one attached hydrogen (secondary N) is 2. The van der Waals surface area contributed by atoms with E-state index in [0.29, 0.717) is 10.7 Å². The minimum atomic E-state index is -0.243. The van der Waals surface area contributed by atoms with Crippen molar-refractivity contribution in [2.75, 3.05) is 5.32 Å². The Bertz CT molecular complexity index is 825. The van der Waals surface area contributed by atoms with E-state index in [2.05, 4.69) is 28.8 Å². The van der Waals surface area contributed by atoms with E-state index in [4.69, 9.17) is 11.6 Å². The number of hydrogen-bond acceptors (Lipinski definition) is 1. The maximum absolute atomic E-state index is 12.2. The number of benzene rings is 3. The first-order chi connectivity index (χ1) is 11.1. The van der Waals surface area contributed by atoms with Crippen LogP contribution in [0, 0.1) is 0 Å². The zero-order valence-electron chi connectivity index (χ0n) is 12.7. The van der Waals surface area contributed by atoms with Crippen LogP contribution in [0.2, 0.25) is 5.02 Å². The number of hydrogen-bond donors (Lipinski definition) is 2. The molecule has 0 aliphatic rings. The van der Waals surface area contributed by atoms with Crippen molar-refractivity contribution in [3.8, 4) is 0 Å². The predicted octanol–water partition coefficient (Wildman–Crippen LogP) is 5.38. The highest BCUT2D eigenvalue weighted by molar-refractivity contribution is 6.30. The molecule has 3 aromatic rings. The molecule has 116 valence electrons. The lowest BCUT2D eigenvalue weighted by Gasteiger charge is -2.17. The molecule has 0 saturated heterocycles. The zero-order chi connectivity index (χ0) is 16.2. The van der Waals surface area contributed by atoms with Gasteiger partial charge in [-0.1, -0.05) is 54.1 Å². The van der Waals surface area contributed by atoms with Gasteiger partial charge >= 0.3 is 6.03 Å². The van der Waals surface area contributed by atoms with E-state index in [9.17, 15) is 4.79 Å². The maximum Gasteiger partial charge on any atom is 0.319 e. The highest BCUT2D eigenvalue weighted by Crippen LogP contribution is 2.24. The standard InChI is InChI=1S/C19H17ClN2O/c1-13(17-8-4-6-14-5-2-3-7-18(14)17)21-19(23)22-16-11-9-15(20)10-12-16/h2-13H,1H3,(H2,21,22,23). The summed E-state index contributed by atoms with van der Waals surface area (Å²) >= 11 is 5.84. The molecule has 0 heterocycles. The Kier molecular flexibility index (Phi) is 4.49. The second-order valence-corrected chi connectivity index (χ2v) is 5.83. The molecule has 3 aromatic carbocycles. The van der Waals surface area contributed by atoms with Gasteiger partial charge in [-0.25, -0.2) is 4.79 Å². The highest BCUT2D eigenvalue weighted by atomic mass is 35.5. The van der Waals surface area contributed by atoms with Crippen molar-refractivity contribution in [3.63, 3.8) is 0 Å². The van der Waals surface area contributed by atoms with Gasteiger partial charge in [0.05, 0.1) is 6.04 Å². The topological polar surface area (TPSA) is 41.1 Å². The van der Waals surface area contributed by atoms with Crippen molar-refractivity contribution in [2.45, 2.75) is 13.0 Å². The lowest BCUT2D eigenvalue weighted by Crippen LogP contribution is -2.31. The number of anilines is 1. The van der Waals surface area contributed by atoms with Crippen LogP contribution in [0.1, 0.15) is 18.5 Å². The summed E-state index contributed by atoms with van der Waals surface area (Å²) in [4.78, 5) is 12.2. The van der Waals surface area contributed by atoms with E-state index >= 15 is 0 Å². The third kappa shape index (κ3) is 3.63. The maximum atomic E-state index is 12.2. The molecule has 2 N–H and O–H groups in total. The second-order valence-electron chi connectivity index (χ2n) is 5.40. The molecule has 0 radical (unpaired) electrons. The van der Waals surface area contributed by atoms with Gasteiger partial charge in [-0.3, -0.25) is 0 Å². The van der Waals surface area contributed by atoms with Gasteiger partial charge in [0.1, 0.15) is 0 Å². The summed E-state index contributed by atoms with van der Waals surface area (Å²) < 4.78 is 0. The number of carbonyl (C=O) groups is 1. The Labute approximate surface area is 140 Å². The van der Waals surface area contributed by atoms with Crippen molar-refractivity contribution < 1.29 is 4.79 Å². The Morgan fingerprint density at radius 2 is 1.65 bits per heavy atom. The predicted molar refractivity (Wildman–Crippen MR) is 96.0 cm³/mol. The fourth-order valence-electron chi connectivity index (χ4n) is 2.60. The normalized spacial score (nSPS) is 11.9. The van der Waals surface area contributed by atoms with Gasteiger partial charge < -0.3 is 10.6 Å². The zero-order valence-corrected chi connectivity index (χ0v) is 13.5. The van der Waals surface area contributed by atoms with Crippen LogP contribution in [-0.4, -0.2) is 6.03 Å². The van der Waals surface area contributed by atoms with Crippen molar-refractivity contribution in [1.82, 2.24) is 5.32 Å². The molecule has 0 aromatic heterocycles. The van der Waals surface area contributed by atoms with Gasteiger partial charge in [-0.05, 0) is 47.5 Å². The second kappa shape index (κ2) is 6.71. The number of carbonyl (C=O) groups excluding carboxylic acids is 1. The van der Waals surface area contributed by atoms with Crippen molar-refractivity contribution in [2.24, 2.45) is 0 Å². The fourth-order valence-corrected chi connectivity index (χ4v) is 2.73. The summed E-state index contributed by atoms with van der Waals surface area (Å²) in [5.41, 5.74) is 1.80. The Hall–Kier alpha value is -2.52. The molecule has 23 heavy (non-hydrogen) atoms. The van der Waals surface area contributed by atoms with Gasteiger partial charge in [0, 0.05) is 10.7 Å². The molecule has 0 aliphatic heterocycles. The van der Waals surface area contributed by atoms with Crippen molar-refractivity contribution in [1.29, 1.82) is 0 Å². The third-order valence-corrected chi connectivity index (χ3v) is 3.99. The van der Waals surface area contributed by atoms with Crippen LogP contribution in [0.5, 0.6) is 0 Å². The lowest BCUT2D eigenvalue weighted by molar-refractivity contribution is 0.249. The highest BCUT2D eigenvalue weighted by Gasteiger charge is 2.12. The Morgan fingerprint density at radius 3 is 2.43 bits per heavy atom. The first-order valence-corrected chi connectivity index (χ1v) is 7.82. The summed E-state index contributed by atoms with van der Waals surface area (Å²) in [6.07, 6.45) is 0. The number of fused-ring (bicyclic) bond motifs is 1. The molecule has 0 saturated carbocycles. The van der Waals surface area contributed by atoms with Crippen LogP contribution >= 0.6 is 11.6 Å². The summed E-state index contributed by atoms with van der Waals surface area (Å²) in [5.74, 6) is 0. The summed E-state index contributed by atoms with van der Waals surface area (Å²) in [6.45, 7) is 1.98. The van der Waals surface area contributed by atoms with E-state index in [-0.39, 0.29) is 12.1 Å². The van der Waals surface area contributed by atoms with Gasteiger partial charge in [0.25, 0.3) is 0 Å². The number of urea groups is 1. The van der Waals surface area contributed by atoms with Gasteiger partial charge in [-0.2, -0.15) is 0 Å². The summed E-state index contributed by atoms with van der Waals surface area (Å²) in [7, 11) is 0. The minimum absolute atomic E-state index is 0.103. The first-order valence-electron chi connectivity index (χ1n) is 7.44. The largest absolute Gasteiger partial charge is 0.331 e. The van der Waals surface area contributed by atoms with Crippen LogP contribution in [-0.2, 0) is 0 Å². The van der Waals surface area contributed by atoms with Crippen LogP contribution < -0.4 is 10.6 Å². The number of rotatable bonds is 3. The fraction of sp³-hybridized carbons (Fsp3) is 0.105. The molecule has 0 aliphatic carbocycles. The molecule has 4 heteroatoms. The number of halogens is 1. The van der Waals surface area contributed by atoms with E-state index in [1.165, 1.54) is 0 Å². The molecule has 3 rings (SSSR count). The first kappa shape index (κ1) is 15.4. The average Bonchev–Trinajstić information content (AvgIpc) is 2.56.